The van der Waals surface area contributed by atoms with Crippen molar-refractivity contribution in [2.75, 3.05) is 0 Å². The van der Waals surface area contributed by atoms with Crippen LogP contribution in [0, 0.1) is 13.8 Å². The summed E-state index contributed by atoms with van der Waals surface area (Å²) in [6, 6.07) is 19.0. The molecule has 0 aliphatic rings. The summed E-state index contributed by atoms with van der Waals surface area (Å²) >= 11 is 0. The van der Waals surface area contributed by atoms with Gasteiger partial charge >= 0.3 is 0 Å². The highest BCUT2D eigenvalue weighted by Crippen LogP contribution is 2.28. The number of pyridine rings is 1. The first-order valence-electron chi connectivity index (χ1n) is 10.7. The molecule has 33 heavy (non-hydrogen) atoms. The number of carbonyl (C=O) groups excluding carboxylic acids is 1. The van der Waals surface area contributed by atoms with E-state index in [1.807, 2.05) is 68.4 Å². The van der Waals surface area contributed by atoms with E-state index in [1.165, 1.54) is 0 Å². The molecule has 164 valence electrons. The van der Waals surface area contributed by atoms with Crippen molar-refractivity contribution in [3.8, 4) is 22.6 Å². The summed E-state index contributed by atoms with van der Waals surface area (Å²) in [5.74, 6) is 0.789. The first-order valence-corrected chi connectivity index (χ1v) is 10.7. The predicted octanol–water partition coefficient (Wildman–Crippen LogP) is 5.65. The Bertz CT molecular complexity index is 1440. The number of amides is 1. The van der Waals surface area contributed by atoms with Crippen molar-refractivity contribution in [1.29, 1.82) is 0 Å². The number of carbonyl (C=O) groups is 1. The summed E-state index contributed by atoms with van der Waals surface area (Å²) in [5.41, 5.74) is 4.96. The van der Waals surface area contributed by atoms with Crippen LogP contribution in [-0.2, 0) is 0 Å². The summed E-state index contributed by atoms with van der Waals surface area (Å²) in [6.07, 6.45) is 1.66. The Labute approximate surface area is 190 Å². The molecule has 5 rings (SSSR count). The number of oxazole rings is 1. The molecule has 5 aromatic rings. The summed E-state index contributed by atoms with van der Waals surface area (Å²) in [4.78, 5) is 22.3. The van der Waals surface area contributed by atoms with Crippen LogP contribution >= 0.6 is 0 Å². The van der Waals surface area contributed by atoms with Crippen molar-refractivity contribution in [1.82, 2.24) is 20.4 Å². The molecule has 0 spiro atoms. The van der Waals surface area contributed by atoms with Gasteiger partial charge in [0, 0.05) is 11.1 Å². The van der Waals surface area contributed by atoms with Crippen molar-refractivity contribution in [3.05, 3.63) is 89.6 Å². The molecule has 0 saturated carbocycles. The molecule has 3 heterocycles. The second kappa shape index (κ2) is 8.35. The molecule has 7 nitrogen and oxygen atoms in total. The average Bonchev–Trinajstić information content (AvgIpc) is 3.47. The fourth-order valence-corrected chi connectivity index (χ4v) is 3.71. The Kier molecular flexibility index (Phi) is 5.22. The number of nitrogens with zero attached hydrogens (tertiary/aromatic N) is 3. The number of aryl methyl sites for hydroxylation is 2. The molecule has 2 aromatic carbocycles. The molecule has 0 fully saturated rings. The lowest BCUT2D eigenvalue weighted by Gasteiger charge is -2.12. The molecule has 1 unspecified atom stereocenters. The van der Waals surface area contributed by atoms with E-state index in [0.717, 1.165) is 16.7 Å². The largest absolute Gasteiger partial charge is 0.438 e. The zero-order chi connectivity index (χ0) is 22.9. The Balaban J connectivity index is 1.46. The number of nitrogens with one attached hydrogen (secondary N) is 1. The summed E-state index contributed by atoms with van der Waals surface area (Å²) in [7, 11) is 0. The van der Waals surface area contributed by atoms with Crippen molar-refractivity contribution in [3.63, 3.8) is 0 Å². The summed E-state index contributed by atoms with van der Waals surface area (Å²) < 4.78 is 11.3. The van der Waals surface area contributed by atoms with Crippen molar-refractivity contribution in [2.45, 2.75) is 26.8 Å². The number of hydrogen-bond acceptors (Lipinski definition) is 6. The average molecular weight is 438 g/mol. The van der Waals surface area contributed by atoms with Gasteiger partial charge in [-0.3, -0.25) is 4.79 Å². The highest BCUT2D eigenvalue weighted by atomic mass is 16.5. The summed E-state index contributed by atoms with van der Waals surface area (Å²) in [5, 5.41) is 7.59. The molecule has 0 aliphatic carbocycles. The molecular weight excluding hydrogens is 416 g/mol. The Morgan fingerprint density at radius 3 is 2.52 bits per heavy atom. The minimum absolute atomic E-state index is 0.283. The van der Waals surface area contributed by atoms with Gasteiger partial charge < -0.3 is 14.3 Å². The van der Waals surface area contributed by atoms with E-state index in [-0.39, 0.29) is 5.91 Å². The van der Waals surface area contributed by atoms with Crippen molar-refractivity contribution < 1.29 is 13.7 Å². The molecule has 0 radical (unpaired) electrons. The van der Waals surface area contributed by atoms with Crippen molar-refractivity contribution >= 4 is 17.0 Å². The van der Waals surface area contributed by atoms with Gasteiger partial charge in [-0.1, -0.05) is 65.3 Å². The second-order valence-electron chi connectivity index (χ2n) is 7.99. The molecular formula is C26H22N4O3. The van der Waals surface area contributed by atoms with E-state index < -0.39 is 6.04 Å². The van der Waals surface area contributed by atoms with Crippen LogP contribution in [0.1, 0.15) is 40.5 Å². The quantitative estimate of drug-likeness (QED) is 0.381. The lowest BCUT2D eigenvalue weighted by Crippen LogP contribution is -2.27. The molecule has 0 bridgehead atoms. The maximum atomic E-state index is 13.3. The van der Waals surface area contributed by atoms with Gasteiger partial charge in [-0.05, 0) is 26.8 Å². The van der Waals surface area contributed by atoms with Crippen LogP contribution in [0.2, 0.25) is 0 Å². The Morgan fingerprint density at radius 2 is 1.76 bits per heavy atom. The third kappa shape index (κ3) is 4.01. The maximum absolute atomic E-state index is 13.3. The monoisotopic (exact) mass is 438 g/mol. The van der Waals surface area contributed by atoms with Crippen LogP contribution < -0.4 is 5.32 Å². The van der Waals surface area contributed by atoms with Gasteiger partial charge in [-0.15, -0.1) is 0 Å². The van der Waals surface area contributed by atoms with Crippen LogP contribution in [0.25, 0.3) is 33.7 Å². The number of aromatic nitrogens is 3. The van der Waals surface area contributed by atoms with E-state index in [4.69, 9.17) is 8.94 Å². The molecule has 7 heteroatoms. The van der Waals surface area contributed by atoms with E-state index in [2.05, 4.69) is 20.4 Å². The number of hydrogen-bond donors (Lipinski definition) is 1. The molecule has 3 aromatic heterocycles. The Hall–Kier alpha value is -4.26. The molecule has 1 amide bonds. The fraction of sp³-hybridized carbons (Fsp3) is 0.154. The van der Waals surface area contributed by atoms with Crippen LogP contribution in [0.3, 0.4) is 0 Å². The first-order chi connectivity index (χ1) is 16.0. The lowest BCUT2D eigenvalue weighted by atomic mass is 10.0. The third-order valence-corrected chi connectivity index (χ3v) is 5.51. The van der Waals surface area contributed by atoms with Gasteiger partial charge in [-0.25, -0.2) is 9.97 Å². The van der Waals surface area contributed by atoms with E-state index >= 15 is 0 Å². The van der Waals surface area contributed by atoms with Gasteiger partial charge in [0.2, 0.25) is 5.89 Å². The van der Waals surface area contributed by atoms with Crippen LogP contribution in [0.5, 0.6) is 0 Å². The number of fused-ring (bicyclic) bond motifs is 1. The minimum atomic E-state index is -0.443. The van der Waals surface area contributed by atoms with Crippen molar-refractivity contribution in [2.24, 2.45) is 0 Å². The van der Waals surface area contributed by atoms with Gasteiger partial charge in [0.15, 0.2) is 5.76 Å². The standard InChI is InChI=1S/C26H22N4O3/c1-15-9-11-18(12-10-15)21-13-20(23-16(2)30-33-26(23)29-21)24(31)28-17(3)25-27-14-22(32-25)19-7-5-4-6-8-19/h4-14,17H,1-3H3,(H,28,31). The first kappa shape index (κ1) is 20.6. The number of rotatable bonds is 5. The maximum Gasteiger partial charge on any atom is 0.259 e. The summed E-state index contributed by atoms with van der Waals surface area (Å²) in [6.45, 7) is 5.64. The van der Waals surface area contributed by atoms with E-state index in [0.29, 0.717) is 39.7 Å². The smallest absolute Gasteiger partial charge is 0.259 e. The van der Waals surface area contributed by atoms with E-state index in [1.54, 1.807) is 19.2 Å². The SMILES string of the molecule is Cc1ccc(-c2cc(C(=O)NC(C)c3ncc(-c4ccccc4)o3)c3c(C)noc3n2)cc1. The second-order valence-corrected chi connectivity index (χ2v) is 7.99. The minimum Gasteiger partial charge on any atom is -0.438 e. The topological polar surface area (TPSA) is 94.1 Å². The molecule has 0 aliphatic heterocycles. The fourth-order valence-electron chi connectivity index (χ4n) is 3.71. The number of benzene rings is 2. The van der Waals surface area contributed by atoms with Crippen LogP contribution in [0.15, 0.2) is 75.8 Å². The Morgan fingerprint density at radius 1 is 1.00 bits per heavy atom. The lowest BCUT2D eigenvalue weighted by molar-refractivity contribution is 0.0936. The third-order valence-electron chi connectivity index (χ3n) is 5.51. The molecule has 1 N–H and O–H groups in total. The normalized spacial score (nSPS) is 12.1. The zero-order valence-electron chi connectivity index (χ0n) is 18.5. The van der Waals surface area contributed by atoms with Crippen LogP contribution in [-0.4, -0.2) is 21.0 Å². The van der Waals surface area contributed by atoms with Crippen LogP contribution in [0.4, 0.5) is 0 Å². The zero-order valence-corrected chi connectivity index (χ0v) is 18.5. The highest BCUT2D eigenvalue weighted by Gasteiger charge is 2.22. The van der Waals surface area contributed by atoms with Gasteiger partial charge in [0.25, 0.3) is 11.6 Å². The molecule has 1 atom stereocenters. The van der Waals surface area contributed by atoms with Gasteiger partial charge in [-0.2, -0.15) is 0 Å². The van der Waals surface area contributed by atoms with Gasteiger partial charge in [0.1, 0.15) is 6.04 Å². The van der Waals surface area contributed by atoms with E-state index in [9.17, 15) is 4.79 Å². The molecule has 0 saturated heterocycles. The highest BCUT2D eigenvalue weighted by molar-refractivity contribution is 6.07. The predicted molar refractivity (Wildman–Crippen MR) is 125 cm³/mol. The van der Waals surface area contributed by atoms with Gasteiger partial charge in [0.05, 0.1) is 28.5 Å².